The number of nitrogens with zero attached hydrogens (tertiary/aromatic N) is 3. The molecule has 6 nitrogen and oxygen atoms in total. The highest BCUT2D eigenvalue weighted by Crippen LogP contribution is 2.26. The van der Waals surface area contributed by atoms with Crippen LogP contribution in [0.4, 0.5) is 8.78 Å². The molecule has 1 saturated heterocycles. The summed E-state index contributed by atoms with van der Waals surface area (Å²) in [6, 6.07) is 6.11. The number of aromatic nitrogens is 2. The molecule has 2 heterocycles. The van der Waals surface area contributed by atoms with Crippen molar-refractivity contribution in [1.29, 1.82) is 0 Å². The van der Waals surface area contributed by atoms with Crippen LogP contribution in [0.25, 0.3) is 6.08 Å². The SMILES string of the molecule is Cc1noc(C2CCN(C(=O)C=Cc3ccc(OC(F)F)cc3)CC2)n1. The second-order valence-electron chi connectivity index (χ2n) is 6.06. The molecule has 0 N–H and O–H groups in total. The van der Waals surface area contributed by atoms with Crippen LogP contribution in [-0.2, 0) is 4.79 Å². The molecule has 8 heteroatoms. The topological polar surface area (TPSA) is 68.5 Å². The van der Waals surface area contributed by atoms with E-state index in [1.807, 2.05) is 0 Å². The number of benzene rings is 1. The molecule has 0 unspecified atom stereocenters. The average molecular weight is 363 g/mol. The quantitative estimate of drug-likeness (QED) is 0.762. The number of piperidine rings is 1. The van der Waals surface area contributed by atoms with E-state index in [2.05, 4.69) is 14.9 Å². The van der Waals surface area contributed by atoms with Gasteiger partial charge in [-0.3, -0.25) is 4.79 Å². The third-order valence-corrected chi connectivity index (χ3v) is 4.22. The van der Waals surface area contributed by atoms with Crippen molar-refractivity contribution in [2.45, 2.75) is 32.3 Å². The number of carbonyl (C=O) groups is 1. The molecule has 26 heavy (non-hydrogen) atoms. The van der Waals surface area contributed by atoms with Crippen LogP contribution in [0.15, 0.2) is 34.9 Å². The summed E-state index contributed by atoms with van der Waals surface area (Å²) in [5.74, 6) is 1.44. The number of aryl methyl sites for hydroxylation is 1. The highest BCUT2D eigenvalue weighted by atomic mass is 19.3. The van der Waals surface area contributed by atoms with E-state index in [-0.39, 0.29) is 17.6 Å². The van der Waals surface area contributed by atoms with Gasteiger partial charge in [0, 0.05) is 25.1 Å². The molecule has 1 aromatic heterocycles. The fourth-order valence-electron chi connectivity index (χ4n) is 2.86. The highest BCUT2D eigenvalue weighted by molar-refractivity contribution is 5.91. The Morgan fingerprint density at radius 2 is 2.00 bits per heavy atom. The van der Waals surface area contributed by atoms with Crippen molar-refractivity contribution in [3.05, 3.63) is 47.6 Å². The van der Waals surface area contributed by atoms with E-state index in [1.165, 1.54) is 18.2 Å². The summed E-state index contributed by atoms with van der Waals surface area (Å²) in [6.45, 7) is 0.173. The Balaban J connectivity index is 1.51. The lowest BCUT2D eigenvalue weighted by Gasteiger charge is -2.29. The van der Waals surface area contributed by atoms with Crippen LogP contribution in [0.1, 0.15) is 36.0 Å². The van der Waals surface area contributed by atoms with Crippen molar-refractivity contribution in [2.75, 3.05) is 13.1 Å². The first-order valence-corrected chi connectivity index (χ1v) is 8.33. The molecule has 0 radical (unpaired) electrons. The fourth-order valence-corrected chi connectivity index (χ4v) is 2.86. The minimum atomic E-state index is -2.85. The summed E-state index contributed by atoms with van der Waals surface area (Å²) >= 11 is 0. The van der Waals surface area contributed by atoms with E-state index >= 15 is 0 Å². The van der Waals surface area contributed by atoms with E-state index in [0.717, 1.165) is 18.4 Å². The van der Waals surface area contributed by atoms with Crippen molar-refractivity contribution < 1.29 is 22.8 Å². The van der Waals surface area contributed by atoms with Crippen LogP contribution < -0.4 is 4.74 Å². The summed E-state index contributed by atoms with van der Waals surface area (Å²) in [7, 11) is 0. The lowest BCUT2D eigenvalue weighted by molar-refractivity contribution is -0.127. The molecule has 3 rings (SSSR count). The first-order valence-electron chi connectivity index (χ1n) is 8.33. The molecule has 1 fully saturated rings. The lowest BCUT2D eigenvalue weighted by Crippen LogP contribution is -2.36. The van der Waals surface area contributed by atoms with Crippen molar-refractivity contribution in [1.82, 2.24) is 15.0 Å². The molecule has 0 aliphatic carbocycles. The third kappa shape index (κ3) is 4.65. The molecular weight excluding hydrogens is 344 g/mol. The molecule has 0 spiro atoms. The second-order valence-corrected chi connectivity index (χ2v) is 6.06. The van der Waals surface area contributed by atoms with Gasteiger partial charge in [-0.2, -0.15) is 13.8 Å². The normalized spacial score (nSPS) is 15.8. The van der Waals surface area contributed by atoms with Gasteiger partial charge in [0.2, 0.25) is 11.8 Å². The number of amides is 1. The number of ether oxygens (including phenoxy) is 1. The Hall–Kier alpha value is -2.77. The molecule has 0 saturated carbocycles. The molecule has 1 aromatic carbocycles. The van der Waals surface area contributed by atoms with Gasteiger partial charge in [0.1, 0.15) is 5.75 Å². The number of alkyl halides is 2. The first kappa shape index (κ1) is 18.0. The number of rotatable bonds is 5. The molecule has 1 amide bonds. The number of carbonyl (C=O) groups excluding carboxylic acids is 1. The molecule has 0 atom stereocenters. The van der Waals surface area contributed by atoms with Crippen LogP contribution in [0, 0.1) is 6.92 Å². The number of halogens is 2. The van der Waals surface area contributed by atoms with Crippen LogP contribution in [0.2, 0.25) is 0 Å². The minimum absolute atomic E-state index is 0.0850. The monoisotopic (exact) mass is 363 g/mol. The summed E-state index contributed by atoms with van der Waals surface area (Å²) in [6.07, 6.45) is 4.70. The van der Waals surface area contributed by atoms with Crippen molar-refractivity contribution in [2.24, 2.45) is 0 Å². The van der Waals surface area contributed by atoms with Crippen LogP contribution in [-0.4, -0.2) is 40.6 Å². The Bertz CT molecular complexity index is 766. The number of likely N-dealkylation sites (tertiary alicyclic amines) is 1. The summed E-state index contributed by atoms with van der Waals surface area (Å²) < 4.78 is 33.7. The van der Waals surface area contributed by atoms with Gasteiger partial charge in [-0.25, -0.2) is 0 Å². The predicted molar refractivity (Wildman–Crippen MR) is 89.7 cm³/mol. The highest BCUT2D eigenvalue weighted by Gasteiger charge is 2.26. The van der Waals surface area contributed by atoms with E-state index in [9.17, 15) is 13.6 Å². The zero-order valence-corrected chi connectivity index (χ0v) is 14.3. The van der Waals surface area contributed by atoms with Gasteiger partial charge >= 0.3 is 6.61 Å². The first-order chi connectivity index (χ1) is 12.5. The van der Waals surface area contributed by atoms with Gasteiger partial charge in [0.05, 0.1) is 0 Å². The predicted octanol–water partition coefficient (Wildman–Crippen LogP) is 3.40. The van der Waals surface area contributed by atoms with Gasteiger partial charge in [-0.1, -0.05) is 17.3 Å². The molecule has 1 aliphatic rings. The summed E-state index contributed by atoms with van der Waals surface area (Å²) in [4.78, 5) is 18.3. The van der Waals surface area contributed by atoms with Gasteiger partial charge in [-0.15, -0.1) is 0 Å². The van der Waals surface area contributed by atoms with E-state index in [1.54, 1.807) is 30.0 Å². The van der Waals surface area contributed by atoms with Crippen LogP contribution in [0.5, 0.6) is 5.75 Å². The summed E-state index contributed by atoms with van der Waals surface area (Å²) in [5, 5.41) is 3.80. The smallest absolute Gasteiger partial charge is 0.387 e. The maximum atomic E-state index is 12.3. The van der Waals surface area contributed by atoms with Gasteiger partial charge in [0.15, 0.2) is 5.82 Å². The standard InChI is InChI=1S/C18H19F2N3O3/c1-12-21-17(26-22-12)14-8-10-23(11-9-14)16(24)7-4-13-2-5-15(6-3-13)25-18(19)20/h2-7,14,18H,8-11H2,1H3. The zero-order chi connectivity index (χ0) is 18.5. The Labute approximate surface area is 149 Å². The van der Waals surface area contributed by atoms with E-state index in [0.29, 0.717) is 24.8 Å². The Kier molecular flexibility index (Phi) is 5.60. The molecule has 0 bridgehead atoms. The van der Waals surface area contributed by atoms with Crippen molar-refractivity contribution in [3.63, 3.8) is 0 Å². The van der Waals surface area contributed by atoms with Crippen LogP contribution in [0.3, 0.4) is 0 Å². The largest absolute Gasteiger partial charge is 0.435 e. The van der Waals surface area contributed by atoms with Crippen molar-refractivity contribution in [3.8, 4) is 5.75 Å². The number of hydrogen-bond acceptors (Lipinski definition) is 5. The fraction of sp³-hybridized carbons (Fsp3) is 0.389. The summed E-state index contributed by atoms with van der Waals surface area (Å²) in [5.41, 5.74) is 0.733. The molecule has 138 valence electrons. The minimum Gasteiger partial charge on any atom is -0.435 e. The Morgan fingerprint density at radius 1 is 1.31 bits per heavy atom. The maximum absolute atomic E-state index is 12.3. The zero-order valence-electron chi connectivity index (χ0n) is 14.3. The van der Waals surface area contributed by atoms with Gasteiger partial charge in [0.25, 0.3) is 0 Å². The van der Waals surface area contributed by atoms with Gasteiger partial charge in [-0.05, 0) is 43.5 Å². The third-order valence-electron chi connectivity index (χ3n) is 4.22. The average Bonchev–Trinajstić information content (AvgIpc) is 3.07. The maximum Gasteiger partial charge on any atom is 0.387 e. The van der Waals surface area contributed by atoms with Gasteiger partial charge < -0.3 is 14.2 Å². The Morgan fingerprint density at radius 3 is 2.58 bits per heavy atom. The van der Waals surface area contributed by atoms with E-state index in [4.69, 9.17) is 4.52 Å². The second kappa shape index (κ2) is 8.07. The lowest BCUT2D eigenvalue weighted by atomic mass is 9.96. The number of hydrogen-bond donors (Lipinski definition) is 0. The van der Waals surface area contributed by atoms with Crippen molar-refractivity contribution >= 4 is 12.0 Å². The molecule has 1 aliphatic heterocycles. The van der Waals surface area contributed by atoms with Crippen LogP contribution >= 0.6 is 0 Å². The van der Waals surface area contributed by atoms with E-state index < -0.39 is 6.61 Å². The molecule has 2 aromatic rings. The molecular formula is C18H19F2N3O3.